The molecule has 0 amide bonds. The van der Waals surface area contributed by atoms with E-state index >= 15 is 0 Å². The number of rotatable bonds is 3. The first-order valence-corrected chi connectivity index (χ1v) is 6.10. The zero-order chi connectivity index (χ0) is 13.0. The molecule has 4 heteroatoms. The minimum absolute atomic E-state index is 0.312. The molecule has 0 spiro atoms. The second-order valence-corrected chi connectivity index (χ2v) is 4.54. The Morgan fingerprint density at radius 1 is 1.33 bits per heavy atom. The highest BCUT2D eigenvalue weighted by molar-refractivity contribution is 5.89. The Balaban J connectivity index is 1.97. The number of benzene rings is 1. The summed E-state index contributed by atoms with van der Waals surface area (Å²) >= 11 is 0. The maximum atomic E-state index is 11.3. The standard InChI is InChI=1S/C14H17NO3/c1-18-14(17)12-6-4-11(5-7-12)9-15-8-2-3-13(16)10-15/h4-7H,2-3,8-10H2,1H3. The summed E-state index contributed by atoms with van der Waals surface area (Å²) in [6.07, 6.45) is 1.65. The molecule has 1 aliphatic rings. The third-order valence-corrected chi connectivity index (χ3v) is 3.11. The van der Waals surface area contributed by atoms with Crippen LogP contribution in [0.15, 0.2) is 24.3 Å². The van der Waals surface area contributed by atoms with E-state index in [0.717, 1.165) is 25.1 Å². The van der Waals surface area contributed by atoms with Gasteiger partial charge in [-0.25, -0.2) is 4.79 Å². The van der Waals surface area contributed by atoms with Crippen LogP contribution in [-0.4, -0.2) is 36.9 Å². The summed E-state index contributed by atoms with van der Waals surface area (Å²) in [6.45, 7) is 2.26. The van der Waals surface area contributed by atoms with Gasteiger partial charge in [0.2, 0.25) is 0 Å². The molecule has 0 saturated carbocycles. The molecule has 0 aliphatic carbocycles. The largest absolute Gasteiger partial charge is 0.465 e. The molecule has 0 N–H and O–H groups in total. The summed E-state index contributed by atoms with van der Waals surface area (Å²) in [5, 5.41) is 0. The molecule has 2 rings (SSSR count). The van der Waals surface area contributed by atoms with Crippen molar-refractivity contribution in [3.8, 4) is 0 Å². The second-order valence-electron chi connectivity index (χ2n) is 4.54. The highest BCUT2D eigenvalue weighted by Crippen LogP contribution is 2.12. The predicted molar refractivity (Wildman–Crippen MR) is 67.3 cm³/mol. The fraction of sp³-hybridized carbons (Fsp3) is 0.429. The molecule has 0 aromatic heterocycles. The molecule has 1 heterocycles. The van der Waals surface area contributed by atoms with Gasteiger partial charge in [-0.15, -0.1) is 0 Å². The number of esters is 1. The first-order chi connectivity index (χ1) is 8.69. The van der Waals surface area contributed by atoms with Gasteiger partial charge in [0.25, 0.3) is 0 Å². The number of ether oxygens (including phenoxy) is 1. The third kappa shape index (κ3) is 3.17. The van der Waals surface area contributed by atoms with Crippen molar-refractivity contribution < 1.29 is 14.3 Å². The minimum Gasteiger partial charge on any atom is -0.465 e. The Morgan fingerprint density at radius 2 is 2.06 bits per heavy atom. The Kier molecular flexibility index (Phi) is 4.10. The van der Waals surface area contributed by atoms with Crippen molar-refractivity contribution >= 4 is 11.8 Å². The number of hydrogen-bond donors (Lipinski definition) is 0. The van der Waals surface area contributed by atoms with E-state index < -0.39 is 0 Å². The van der Waals surface area contributed by atoms with E-state index in [9.17, 15) is 9.59 Å². The molecule has 1 fully saturated rings. The van der Waals surface area contributed by atoms with Crippen LogP contribution in [0.2, 0.25) is 0 Å². The second kappa shape index (κ2) is 5.78. The van der Waals surface area contributed by atoms with Crippen molar-refractivity contribution in [2.24, 2.45) is 0 Å². The number of Topliss-reactive ketones (excluding diaryl/α,β-unsaturated/α-hetero) is 1. The van der Waals surface area contributed by atoms with E-state index in [4.69, 9.17) is 0 Å². The van der Waals surface area contributed by atoms with Gasteiger partial charge in [0.15, 0.2) is 0 Å². The Bertz CT molecular complexity index is 439. The molecule has 0 bridgehead atoms. The van der Waals surface area contributed by atoms with E-state index in [1.807, 2.05) is 12.1 Å². The molecule has 1 aromatic rings. The zero-order valence-corrected chi connectivity index (χ0v) is 10.5. The van der Waals surface area contributed by atoms with Gasteiger partial charge < -0.3 is 4.74 Å². The van der Waals surface area contributed by atoms with Gasteiger partial charge in [-0.2, -0.15) is 0 Å². The molecule has 96 valence electrons. The average molecular weight is 247 g/mol. The average Bonchev–Trinajstić information content (AvgIpc) is 2.39. The van der Waals surface area contributed by atoms with Crippen molar-refractivity contribution in [3.63, 3.8) is 0 Å². The smallest absolute Gasteiger partial charge is 0.337 e. The molecule has 1 aliphatic heterocycles. The lowest BCUT2D eigenvalue weighted by Crippen LogP contribution is -2.34. The highest BCUT2D eigenvalue weighted by atomic mass is 16.5. The van der Waals surface area contributed by atoms with Crippen molar-refractivity contribution in [3.05, 3.63) is 35.4 Å². The molecule has 0 radical (unpaired) electrons. The quantitative estimate of drug-likeness (QED) is 0.762. The van der Waals surface area contributed by atoms with Crippen LogP contribution in [0.3, 0.4) is 0 Å². The molecule has 18 heavy (non-hydrogen) atoms. The molecular weight excluding hydrogens is 230 g/mol. The fourth-order valence-electron chi connectivity index (χ4n) is 2.16. The SMILES string of the molecule is COC(=O)c1ccc(CN2CCCC(=O)C2)cc1. The number of carbonyl (C=O) groups is 2. The van der Waals surface area contributed by atoms with Crippen LogP contribution in [0, 0.1) is 0 Å². The lowest BCUT2D eigenvalue weighted by atomic mass is 10.1. The number of methoxy groups -OCH3 is 1. The summed E-state index contributed by atoms with van der Waals surface area (Å²) in [7, 11) is 1.37. The van der Waals surface area contributed by atoms with Gasteiger partial charge in [-0.05, 0) is 30.7 Å². The Hall–Kier alpha value is -1.68. The maximum absolute atomic E-state index is 11.3. The predicted octanol–water partition coefficient (Wildman–Crippen LogP) is 1.64. The normalized spacial score (nSPS) is 16.6. The van der Waals surface area contributed by atoms with Crippen LogP contribution in [0.25, 0.3) is 0 Å². The van der Waals surface area contributed by atoms with Gasteiger partial charge >= 0.3 is 5.97 Å². The van der Waals surface area contributed by atoms with Crippen LogP contribution in [0.1, 0.15) is 28.8 Å². The minimum atomic E-state index is -0.324. The first kappa shape index (κ1) is 12.8. The first-order valence-electron chi connectivity index (χ1n) is 6.10. The van der Waals surface area contributed by atoms with E-state index in [-0.39, 0.29) is 5.97 Å². The van der Waals surface area contributed by atoms with Gasteiger partial charge in [-0.1, -0.05) is 12.1 Å². The molecule has 0 unspecified atom stereocenters. The van der Waals surface area contributed by atoms with E-state index in [0.29, 0.717) is 24.3 Å². The number of likely N-dealkylation sites (tertiary alicyclic amines) is 1. The summed E-state index contributed by atoms with van der Waals surface area (Å²) in [4.78, 5) is 24.8. The number of ketones is 1. The van der Waals surface area contributed by atoms with Gasteiger partial charge in [0.05, 0.1) is 19.2 Å². The summed E-state index contributed by atoms with van der Waals surface area (Å²) in [5.74, 6) is -0.0119. The highest BCUT2D eigenvalue weighted by Gasteiger charge is 2.16. The van der Waals surface area contributed by atoms with Gasteiger partial charge in [0.1, 0.15) is 5.78 Å². The van der Waals surface area contributed by atoms with Crippen LogP contribution in [0.4, 0.5) is 0 Å². The van der Waals surface area contributed by atoms with Crippen LogP contribution >= 0.6 is 0 Å². The zero-order valence-electron chi connectivity index (χ0n) is 10.5. The number of nitrogens with zero attached hydrogens (tertiary/aromatic N) is 1. The number of piperidine rings is 1. The van der Waals surface area contributed by atoms with Crippen LogP contribution < -0.4 is 0 Å². The lowest BCUT2D eigenvalue weighted by Gasteiger charge is -2.25. The van der Waals surface area contributed by atoms with E-state index in [1.165, 1.54) is 7.11 Å². The molecule has 1 aromatic carbocycles. The van der Waals surface area contributed by atoms with Crippen molar-refractivity contribution in [2.45, 2.75) is 19.4 Å². The van der Waals surface area contributed by atoms with E-state index in [2.05, 4.69) is 9.64 Å². The Labute approximate surface area is 107 Å². The summed E-state index contributed by atoms with van der Waals surface area (Å²) in [6, 6.07) is 7.33. The van der Waals surface area contributed by atoms with E-state index in [1.54, 1.807) is 12.1 Å². The molecule has 1 saturated heterocycles. The van der Waals surface area contributed by atoms with Crippen LogP contribution in [0.5, 0.6) is 0 Å². The Morgan fingerprint density at radius 3 is 2.67 bits per heavy atom. The molecule has 0 atom stereocenters. The van der Waals surface area contributed by atoms with Crippen molar-refractivity contribution in [1.82, 2.24) is 4.90 Å². The third-order valence-electron chi connectivity index (χ3n) is 3.11. The van der Waals surface area contributed by atoms with Crippen molar-refractivity contribution in [1.29, 1.82) is 0 Å². The van der Waals surface area contributed by atoms with Gasteiger partial charge in [0, 0.05) is 13.0 Å². The number of carbonyl (C=O) groups excluding carboxylic acids is 2. The summed E-state index contributed by atoms with van der Waals surface area (Å²) < 4.78 is 4.65. The molecular formula is C14H17NO3. The lowest BCUT2D eigenvalue weighted by molar-refractivity contribution is -0.122. The summed E-state index contributed by atoms with van der Waals surface area (Å²) in [5.41, 5.74) is 1.66. The number of hydrogen-bond acceptors (Lipinski definition) is 4. The van der Waals surface area contributed by atoms with Crippen LogP contribution in [-0.2, 0) is 16.1 Å². The topological polar surface area (TPSA) is 46.6 Å². The maximum Gasteiger partial charge on any atom is 0.337 e. The molecule has 4 nitrogen and oxygen atoms in total. The fourth-order valence-corrected chi connectivity index (χ4v) is 2.16. The van der Waals surface area contributed by atoms with Crippen molar-refractivity contribution in [2.75, 3.05) is 20.2 Å². The van der Waals surface area contributed by atoms with Gasteiger partial charge in [-0.3, -0.25) is 9.69 Å². The monoisotopic (exact) mass is 247 g/mol.